The van der Waals surface area contributed by atoms with Crippen molar-refractivity contribution in [1.82, 2.24) is 0 Å². The SMILES string of the molecule is NC1(N)C=CC(c2ccccc2OCCCS(=O)(=O)O)=CC1. The predicted molar refractivity (Wildman–Crippen MR) is 85.8 cm³/mol. The Morgan fingerprint density at radius 3 is 2.64 bits per heavy atom. The van der Waals surface area contributed by atoms with E-state index >= 15 is 0 Å². The maximum Gasteiger partial charge on any atom is 0.264 e. The van der Waals surface area contributed by atoms with Gasteiger partial charge in [-0.05, 0) is 24.1 Å². The highest BCUT2D eigenvalue weighted by Gasteiger charge is 2.18. The fourth-order valence-corrected chi connectivity index (χ4v) is 2.60. The summed E-state index contributed by atoms with van der Waals surface area (Å²) < 4.78 is 35.7. The summed E-state index contributed by atoms with van der Waals surface area (Å²) in [6.07, 6.45) is 6.29. The molecule has 0 heterocycles. The minimum atomic E-state index is -3.95. The van der Waals surface area contributed by atoms with Gasteiger partial charge in [-0.3, -0.25) is 4.55 Å². The summed E-state index contributed by atoms with van der Waals surface area (Å²) in [7, 11) is -3.95. The summed E-state index contributed by atoms with van der Waals surface area (Å²) >= 11 is 0. The molecule has 1 aromatic rings. The molecule has 0 atom stereocenters. The third-order valence-electron chi connectivity index (χ3n) is 3.25. The molecule has 22 heavy (non-hydrogen) atoms. The van der Waals surface area contributed by atoms with E-state index in [1.54, 1.807) is 6.08 Å². The quantitative estimate of drug-likeness (QED) is 0.413. The minimum absolute atomic E-state index is 0.200. The highest BCUT2D eigenvalue weighted by Crippen LogP contribution is 2.30. The van der Waals surface area contributed by atoms with E-state index in [-0.39, 0.29) is 18.8 Å². The lowest BCUT2D eigenvalue weighted by atomic mass is 9.94. The average Bonchev–Trinajstić information content (AvgIpc) is 2.43. The van der Waals surface area contributed by atoms with Crippen LogP contribution in [0.25, 0.3) is 5.57 Å². The smallest absolute Gasteiger partial charge is 0.264 e. The molecule has 0 amide bonds. The van der Waals surface area contributed by atoms with Gasteiger partial charge in [-0.15, -0.1) is 0 Å². The van der Waals surface area contributed by atoms with Gasteiger partial charge in [0.05, 0.1) is 18.0 Å². The van der Waals surface area contributed by atoms with Crippen LogP contribution in [-0.2, 0) is 10.1 Å². The lowest BCUT2D eigenvalue weighted by Crippen LogP contribution is -2.47. The van der Waals surface area contributed by atoms with Crippen LogP contribution in [0.15, 0.2) is 42.5 Å². The molecule has 0 saturated carbocycles. The second-order valence-electron chi connectivity index (χ2n) is 5.29. The molecule has 1 aliphatic carbocycles. The topological polar surface area (TPSA) is 116 Å². The molecule has 1 aromatic carbocycles. The fraction of sp³-hybridized carbons (Fsp3) is 0.333. The monoisotopic (exact) mass is 324 g/mol. The molecule has 0 aromatic heterocycles. The maximum absolute atomic E-state index is 10.7. The molecule has 2 rings (SSSR count). The number of hydrogen-bond donors (Lipinski definition) is 3. The Hall–Kier alpha value is -1.67. The third kappa shape index (κ3) is 4.96. The first-order chi connectivity index (χ1) is 10.3. The van der Waals surface area contributed by atoms with Gasteiger partial charge in [0.15, 0.2) is 0 Å². The van der Waals surface area contributed by atoms with Crippen LogP contribution >= 0.6 is 0 Å². The molecule has 6 nitrogen and oxygen atoms in total. The molecule has 0 radical (unpaired) electrons. The minimum Gasteiger partial charge on any atom is -0.493 e. The van der Waals surface area contributed by atoms with Gasteiger partial charge in [0.1, 0.15) is 5.75 Å². The number of benzene rings is 1. The van der Waals surface area contributed by atoms with E-state index in [2.05, 4.69) is 0 Å². The van der Waals surface area contributed by atoms with Crippen LogP contribution in [0, 0.1) is 0 Å². The predicted octanol–water partition coefficient (Wildman–Crippen LogP) is 1.30. The lowest BCUT2D eigenvalue weighted by Gasteiger charge is -2.23. The second-order valence-corrected chi connectivity index (χ2v) is 6.87. The molecule has 0 saturated heterocycles. The van der Waals surface area contributed by atoms with E-state index in [1.165, 1.54) is 0 Å². The van der Waals surface area contributed by atoms with Crippen LogP contribution < -0.4 is 16.2 Å². The summed E-state index contributed by atoms with van der Waals surface area (Å²) in [6.45, 7) is 0.200. The second kappa shape index (κ2) is 6.62. The van der Waals surface area contributed by atoms with Crippen LogP contribution in [0.2, 0.25) is 0 Å². The summed E-state index contributed by atoms with van der Waals surface area (Å²) in [5.74, 6) is 0.330. The van der Waals surface area contributed by atoms with Gasteiger partial charge in [-0.2, -0.15) is 8.42 Å². The average molecular weight is 324 g/mol. The molecule has 0 spiro atoms. The number of hydrogen-bond acceptors (Lipinski definition) is 5. The maximum atomic E-state index is 10.7. The standard InChI is InChI=1S/C15H20N2O4S/c16-15(17)8-6-12(7-9-15)13-4-1-2-5-14(13)21-10-3-11-22(18,19)20/h1-2,4-8H,3,9-11,16-17H2,(H,18,19,20). The first kappa shape index (κ1) is 16.7. The first-order valence-electron chi connectivity index (χ1n) is 6.91. The molecule has 0 fully saturated rings. The van der Waals surface area contributed by atoms with Gasteiger partial charge in [0.25, 0.3) is 10.1 Å². The van der Waals surface area contributed by atoms with E-state index in [0.29, 0.717) is 12.2 Å². The van der Waals surface area contributed by atoms with Crippen molar-refractivity contribution in [3.05, 3.63) is 48.1 Å². The summed E-state index contributed by atoms with van der Waals surface area (Å²) in [5, 5.41) is 0. The molecule has 120 valence electrons. The Kier molecular flexibility index (Phi) is 5.02. The van der Waals surface area contributed by atoms with Gasteiger partial charge in [0, 0.05) is 12.0 Å². The van der Waals surface area contributed by atoms with Crippen molar-refractivity contribution < 1.29 is 17.7 Å². The van der Waals surface area contributed by atoms with Crippen molar-refractivity contribution in [2.24, 2.45) is 11.5 Å². The van der Waals surface area contributed by atoms with Gasteiger partial charge >= 0.3 is 0 Å². The molecule has 0 unspecified atom stereocenters. The fourth-order valence-electron chi connectivity index (χ4n) is 2.12. The van der Waals surface area contributed by atoms with Gasteiger partial charge in [0.2, 0.25) is 0 Å². The van der Waals surface area contributed by atoms with Crippen LogP contribution in [0.3, 0.4) is 0 Å². The van der Waals surface area contributed by atoms with E-state index in [9.17, 15) is 8.42 Å². The molecule has 0 bridgehead atoms. The Morgan fingerprint density at radius 2 is 2.00 bits per heavy atom. The van der Waals surface area contributed by atoms with E-state index in [1.807, 2.05) is 36.4 Å². The van der Waals surface area contributed by atoms with E-state index in [4.69, 9.17) is 20.8 Å². The van der Waals surface area contributed by atoms with Crippen molar-refractivity contribution in [3.8, 4) is 5.75 Å². The number of ether oxygens (including phenoxy) is 1. The van der Waals surface area contributed by atoms with Crippen molar-refractivity contribution >= 4 is 15.7 Å². The number of rotatable bonds is 6. The molecule has 0 aliphatic heterocycles. The normalized spacial score (nSPS) is 17.1. The first-order valence-corrected chi connectivity index (χ1v) is 8.52. The van der Waals surface area contributed by atoms with Crippen LogP contribution in [0.5, 0.6) is 5.75 Å². The number of para-hydroxylation sites is 1. The number of nitrogens with two attached hydrogens (primary N) is 2. The third-order valence-corrected chi connectivity index (χ3v) is 4.06. The van der Waals surface area contributed by atoms with Crippen LogP contribution in [0.1, 0.15) is 18.4 Å². The molecular weight excluding hydrogens is 304 g/mol. The van der Waals surface area contributed by atoms with Gasteiger partial charge in [-0.1, -0.05) is 30.4 Å². The van der Waals surface area contributed by atoms with Gasteiger partial charge < -0.3 is 16.2 Å². The molecule has 7 heteroatoms. The Bertz CT molecular complexity index is 693. The van der Waals surface area contributed by atoms with Crippen molar-refractivity contribution in [2.75, 3.05) is 12.4 Å². The summed E-state index contributed by atoms with van der Waals surface area (Å²) in [5.41, 5.74) is 12.7. The summed E-state index contributed by atoms with van der Waals surface area (Å²) in [6, 6.07) is 7.45. The summed E-state index contributed by atoms with van der Waals surface area (Å²) in [4.78, 5) is 0. The Morgan fingerprint density at radius 1 is 1.27 bits per heavy atom. The van der Waals surface area contributed by atoms with E-state index in [0.717, 1.165) is 11.1 Å². The van der Waals surface area contributed by atoms with Gasteiger partial charge in [-0.25, -0.2) is 0 Å². The Balaban J connectivity index is 2.05. The molecule has 1 aliphatic rings. The van der Waals surface area contributed by atoms with Crippen LogP contribution in [0.4, 0.5) is 0 Å². The molecule has 5 N–H and O–H groups in total. The van der Waals surface area contributed by atoms with Crippen molar-refractivity contribution in [2.45, 2.75) is 18.5 Å². The largest absolute Gasteiger partial charge is 0.493 e. The molecular formula is C15H20N2O4S. The van der Waals surface area contributed by atoms with E-state index < -0.39 is 15.8 Å². The zero-order chi connectivity index (χ0) is 16.2. The lowest BCUT2D eigenvalue weighted by molar-refractivity contribution is 0.315. The zero-order valence-corrected chi connectivity index (χ0v) is 12.9. The highest BCUT2D eigenvalue weighted by atomic mass is 32.2. The van der Waals surface area contributed by atoms with Crippen LogP contribution in [-0.4, -0.2) is 31.0 Å². The zero-order valence-electron chi connectivity index (χ0n) is 12.1. The van der Waals surface area contributed by atoms with Crippen molar-refractivity contribution in [3.63, 3.8) is 0 Å². The van der Waals surface area contributed by atoms with Crippen molar-refractivity contribution in [1.29, 1.82) is 0 Å². The highest BCUT2D eigenvalue weighted by molar-refractivity contribution is 7.85. The number of allylic oxidation sites excluding steroid dienone is 2. The Labute approximate surface area is 130 Å².